The van der Waals surface area contributed by atoms with E-state index in [1.54, 1.807) is 42.2 Å². The quantitative estimate of drug-likeness (QED) is 0.164. The monoisotopic (exact) mass is 564 g/mol. The van der Waals surface area contributed by atoms with E-state index < -0.39 is 17.6 Å². The van der Waals surface area contributed by atoms with E-state index in [1.165, 1.54) is 24.3 Å². The number of amides is 2. The van der Waals surface area contributed by atoms with Crippen LogP contribution < -0.4 is 10.6 Å². The first-order valence-corrected chi connectivity index (χ1v) is 13.3. The molecule has 9 heteroatoms. The molecule has 1 aliphatic heterocycles. The molecule has 1 heterocycles. The molecule has 0 radical (unpaired) electrons. The van der Waals surface area contributed by atoms with Crippen molar-refractivity contribution < 1.29 is 23.5 Å². The van der Waals surface area contributed by atoms with Crippen LogP contribution >= 0.6 is 0 Å². The van der Waals surface area contributed by atoms with Gasteiger partial charge in [0, 0.05) is 35.5 Å². The molecule has 0 aliphatic carbocycles. The Hall–Kier alpha value is -5.41. The molecular weight excluding hydrogens is 535 g/mol. The number of nitrogens with one attached hydrogen (secondary N) is 3. The topological polar surface area (TPSA) is 112 Å². The molecular formula is C33H29FN4O4. The van der Waals surface area contributed by atoms with E-state index >= 15 is 4.39 Å². The van der Waals surface area contributed by atoms with Gasteiger partial charge in [-0.05, 0) is 74.4 Å². The van der Waals surface area contributed by atoms with Crippen molar-refractivity contribution >= 4 is 35.0 Å². The van der Waals surface area contributed by atoms with Crippen LogP contribution in [0.15, 0.2) is 60.7 Å². The molecule has 0 spiro atoms. The number of hydrogen-bond donors (Lipinski definition) is 3. The van der Waals surface area contributed by atoms with Crippen molar-refractivity contribution in [2.75, 3.05) is 30.3 Å². The Morgan fingerprint density at radius 3 is 2.19 bits per heavy atom. The number of rotatable bonds is 7. The lowest BCUT2D eigenvalue weighted by molar-refractivity contribution is -0.149. The molecule has 0 saturated carbocycles. The van der Waals surface area contributed by atoms with Crippen LogP contribution in [0, 0.1) is 41.8 Å². The summed E-state index contributed by atoms with van der Waals surface area (Å²) in [6.07, 6.45) is 12.0. The van der Waals surface area contributed by atoms with Crippen molar-refractivity contribution in [3.63, 3.8) is 0 Å². The molecule has 0 bridgehead atoms. The maximum atomic E-state index is 15.2. The molecule has 0 atom stereocenters. The van der Waals surface area contributed by atoms with Crippen molar-refractivity contribution in [2.24, 2.45) is 5.92 Å². The summed E-state index contributed by atoms with van der Waals surface area (Å²) in [6, 6.07) is 15.0. The molecule has 42 heavy (non-hydrogen) atoms. The Kier molecular flexibility index (Phi) is 9.36. The van der Waals surface area contributed by atoms with Crippen molar-refractivity contribution in [1.82, 2.24) is 4.90 Å². The number of anilines is 2. The zero-order valence-electron chi connectivity index (χ0n) is 23.0. The third-order valence-electron chi connectivity index (χ3n) is 6.91. The predicted molar refractivity (Wildman–Crippen MR) is 159 cm³/mol. The van der Waals surface area contributed by atoms with Crippen molar-refractivity contribution in [2.45, 2.75) is 19.8 Å². The standard InChI is InChI=1S/C33H29FN4O4/c1-4-21-7-11-25(12-8-21)36-32(40)27-19-22(5-2)9-14-29(27)37-31(39)26-13-10-24(20-28(26)34)30(35)38-17-15-23(16-18-38)33(41)42-6-3/h1-2,7-14,19-20,23,35H,6,15-18H2,3H3,(H,36,40)(H,37,39). The minimum Gasteiger partial charge on any atom is -0.466 e. The van der Waals surface area contributed by atoms with E-state index in [2.05, 4.69) is 22.5 Å². The fourth-order valence-electron chi connectivity index (χ4n) is 4.60. The van der Waals surface area contributed by atoms with Crippen LogP contribution in [0.4, 0.5) is 15.8 Å². The molecule has 1 aliphatic rings. The first-order valence-electron chi connectivity index (χ1n) is 13.3. The zero-order chi connectivity index (χ0) is 30.2. The molecule has 212 valence electrons. The Morgan fingerprint density at radius 2 is 1.57 bits per heavy atom. The Balaban J connectivity index is 1.47. The highest BCUT2D eigenvalue weighted by molar-refractivity contribution is 6.13. The second-order valence-electron chi connectivity index (χ2n) is 9.59. The average molecular weight is 565 g/mol. The van der Waals surface area contributed by atoms with E-state index in [0.29, 0.717) is 54.9 Å². The Bertz CT molecular complexity index is 1610. The van der Waals surface area contributed by atoms with Gasteiger partial charge in [-0.15, -0.1) is 12.8 Å². The third kappa shape index (κ3) is 6.83. The van der Waals surface area contributed by atoms with Crippen LogP contribution in [0.1, 0.15) is 57.2 Å². The van der Waals surface area contributed by atoms with Gasteiger partial charge in [-0.1, -0.05) is 17.9 Å². The van der Waals surface area contributed by atoms with Gasteiger partial charge in [-0.2, -0.15) is 0 Å². The second kappa shape index (κ2) is 13.3. The summed E-state index contributed by atoms with van der Waals surface area (Å²) in [7, 11) is 0. The van der Waals surface area contributed by atoms with E-state index in [4.69, 9.17) is 23.0 Å². The molecule has 0 unspecified atom stereocenters. The maximum absolute atomic E-state index is 15.2. The lowest BCUT2D eigenvalue weighted by Gasteiger charge is -2.32. The number of terminal acetylenes is 2. The largest absolute Gasteiger partial charge is 0.466 e. The van der Waals surface area contributed by atoms with Gasteiger partial charge in [-0.25, -0.2) is 4.39 Å². The maximum Gasteiger partial charge on any atom is 0.309 e. The van der Waals surface area contributed by atoms with E-state index in [1.807, 2.05) is 0 Å². The molecule has 1 fully saturated rings. The van der Waals surface area contributed by atoms with Gasteiger partial charge in [0.15, 0.2) is 0 Å². The number of piperidine rings is 1. The number of hydrogen-bond acceptors (Lipinski definition) is 5. The zero-order valence-corrected chi connectivity index (χ0v) is 23.0. The SMILES string of the molecule is C#Cc1ccc(NC(=O)c2cc(C#C)ccc2NC(=O)c2ccc(C(=N)N3CCC(C(=O)OCC)CC3)cc2F)cc1. The van der Waals surface area contributed by atoms with Gasteiger partial charge in [0.1, 0.15) is 11.7 Å². The lowest BCUT2D eigenvalue weighted by atomic mass is 9.96. The van der Waals surface area contributed by atoms with Gasteiger partial charge >= 0.3 is 5.97 Å². The first kappa shape index (κ1) is 29.6. The minimum absolute atomic E-state index is 0.0878. The highest BCUT2D eigenvalue weighted by atomic mass is 19.1. The second-order valence-corrected chi connectivity index (χ2v) is 9.59. The number of carbonyl (C=O) groups is 3. The fraction of sp³-hybridized carbons (Fsp3) is 0.212. The lowest BCUT2D eigenvalue weighted by Crippen LogP contribution is -2.40. The van der Waals surface area contributed by atoms with Crippen LogP contribution in [0.25, 0.3) is 0 Å². The number of likely N-dealkylation sites (tertiary alicyclic amines) is 1. The molecule has 3 N–H and O–H groups in total. The number of esters is 1. The van der Waals surface area contributed by atoms with Gasteiger partial charge in [0.25, 0.3) is 11.8 Å². The summed E-state index contributed by atoms with van der Waals surface area (Å²) in [5, 5.41) is 13.9. The highest BCUT2D eigenvalue weighted by Crippen LogP contribution is 2.24. The number of benzene rings is 3. The van der Waals surface area contributed by atoms with Crippen LogP contribution in [0.5, 0.6) is 0 Å². The summed E-state index contributed by atoms with van der Waals surface area (Å²) in [5.41, 5.74) is 1.81. The van der Waals surface area contributed by atoms with Gasteiger partial charge < -0.3 is 20.3 Å². The average Bonchev–Trinajstić information content (AvgIpc) is 3.01. The predicted octanol–water partition coefficient (Wildman–Crippen LogP) is 4.89. The molecule has 0 aromatic heterocycles. The molecule has 8 nitrogen and oxygen atoms in total. The van der Waals surface area contributed by atoms with E-state index in [-0.39, 0.29) is 34.5 Å². The molecule has 2 amide bonds. The van der Waals surface area contributed by atoms with E-state index in [9.17, 15) is 14.4 Å². The fourth-order valence-corrected chi connectivity index (χ4v) is 4.60. The van der Waals surface area contributed by atoms with Crippen molar-refractivity contribution in [3.05, 3.63) is 94.3 Å². The first-order chi connectivity index (χ1) is 20.2. The number of ether oxygens (including phenoxy) is 1. The number of amidine groups is 1. The van der Waals surface area contributed by atoms with Crippen LogP contribution in [-0.2, 0) is 9.53 Å². The van der Waals surface area contributed by atoms with Gasteiger partial charge in [0.2, 0.25) is 0 Å². The molecule has 3 aromatic carbocycles. The van der Waals surface area contributed by atoms with Gasteiger partial charge in [0.05, 0.1) is 29.3 Å². The summed E-state index contributed by atoms with van der Waals surface area (Å²) >= 11 is 0. The molecule has 1 saturated heterocycles. The normalized spacial score (nSPS) is 12.9. The van der Waals surface area contributed by atoms with Gasteiger partial charge in [-0.3, -0.25) is 19.8 Å². The Labute approximate surface area is 243 Å². The van der Waals surface area contributed by atoms with Crippen molar-refractivity contribution in [3.8, 4) is 24.7 Å². The Morgan fingerprint density at radius 1 is 0.929 bits per heavy atom. The highest BCUT2D eigenvalue weighted by Gasteiger charge is 2.28. The molecule has 4 rings (SSSR count). The number of halogens is 1. The van der Waals surface area contributed by atoms with Crippen LogP contribution in [0.2, 0.25) is 0 Å². The van der Waals surface area contributed by atoms with Crippen molar-refractivity contribution in [1.29, 1.82) is 5.41 Å². The van der Waals surface area contributed by atoms with Crippen LogP contribution in [-0.4, -0.2) is 48.2 Å². The van der Waals surface area contributed by atoms with E-state index in [0.717, 1.165) is 6.07 Å². The third-order valence-corrected chi connectivity index (χ3v) is 6.91. The smallest absolute Gasteiger partial charge is 0.309 e. The summed E-state index contributed by atoms with van der Waals surface area (Å²) in [5.74, 6) is 2.47. The summed E-state index contributed by atoms with van der Waals surface area (Å²) in [6.45, 7) is 2.99. The number of nitrogens with zero attached hydrogens (tertiary/aromatic N) is 1. The van der Waals surface area contributed by atoms with Crippen LogP contribution in [0.3, 0.4) is 0 Å². The summed E-state index contributed by atoms with van der Waals surface area (Å²) in [4.78, 5) is 39.9. The number of carbonyl (C=O) groups excluding carboxylic acids is 3. The minimum atomic E-state index is -0.823. The molecule has 3 aromatic rings. The summed E-state index contributed by atoms with van der Waals surface area (Å²) < 4.78 is 20.2.